The molecule has 0 aliphatic carbocycles. The van der Waals surface area contributed by atoms with Gasteiger partial charge in [0.05, 0.1) is 6.42 Å². The van der Waals surface area contributed by atoms with E-state index < -0.39 is 23.3 Å². The summed E-state index contributed by atoms with van der Waals surface area (Å²) in [5.41, 5.74) is -1.21. The van der Waals surface area contributed by atoms with E-state index in [1.165, 1.54) is 11.1 Å². The Kier molecular flexibility index (Phi) is 5.24. The van der Waals surface area contributed by atoms with E-state index in [2.05, 4.69) is 0 Å². The van der Waals surface area contributed by atoms with Crippen LogP contribution in [0, 0.1) is 0 Å². The van der Waals surface area contributed by atoms with Crippen LogP contribution in [0.3, 0.4) is 0 Å². The fourth-order valence-corrected chi connectivity index (χ4v) is 1.90. The third kappa shape index (κ3) is 4.08. The Balaban J connectivity index is 2.84. The number of aromatic nitrogens is 2. The Bertz CT molecular complexity index is 604. The molecule has 1 aromatic heterocycles. The molecule has 1 rings (SSSR count). The zero-order valence-electron chi connectivity index (χ0n) is 11.3. The molecule has 0 saturated heterocycles. The average Bonchev–Trinajstić information content (AvgIpc) is 2.32. The number of aliphatic carboxylic acids is 1. The Hall–Kier alpha value is -2.38. The van der Waals surface area contributed by atoms with Crippen LogP contribution in [0.1, 0.15) is 20.3 Å². The molecule has 1 heterocycles. The van der Waals surface area contributed by atoms with Gasteiger partial charge < -0.3 is 10.0 Å². The van der Waals surface area contributed by atoms with Gasteiger partial charge in [0.2, 0.25) is 5.91 Å². The van der Waals surface area contributed by atoms with Crippen molar-refractivity contribution in [2.75, 3.05) is 6.54 Å². The van der Waals surface area contributed by atoms with E-state index in [1.54, 1.807) is 13.8 Å². The standard InChI is InChI=1S/C12H17N3O5/c1-3-15(8(2)6-11(18)19)10(17)7-14-5-4-9(16)13-12(14)20/h4-5,8H,3,6-7H2,1-2H3,(H,18,19)(H,13,16,20). The summed E-state index contributed by atoms with van der Waals surface area (Å²) in [6.45, 7) is 3.45. The number of carboxylic acid groups (broad SMARTS) is 1. The van der Waals surface area contributed by atoms with Crippen molar-refractivity contribution in [2.24, 2.45) is 0 Å². The summed E-state index contributed by atoms with van der Waals surface area (Å²) in [7, 11) is 0. The van der Waals surface area contributed by atoms with Crippen molar-refractivity contribution >= 4 is 11.9 Å². The van der Waals surface area contributed by atoms with Crippen molar-refractivity contribution in [3.8, 4) is 0 Å². The first kappa shape index (κ1) is 15.7. The number of H-pyrrole nitrogens is 1. The van der Waals surface area contributed by atoms with Gasteiger partial charge in [-0.25, -0.2) is 4.79 Å². The van der Waals surface area contributed by atoms with Crippen LogP contribution in [-0.4, -0.2) is 44.0 Å². The van der Waals surface area contributed by atoms with Crippen molar-refractivity contribution in [3.05, 3.63) is 33.1 Å². The highest BCUT2D eigenvalue weighted by Crippen LogP contribution is 2.05. The van der Waals surface area contributed by atoms with Gasteiger partial charge in [0.25, 0.3) is 5.56 Å². The topological polar surface area (TPSA) is 112 Å². The summed E-state index contributed by atoms with van der Waals surface area (Å²) in [5.74, 6) is -1.37. The fraction of sp³-hybridized carbons (Fsp3) is 0.500. The maximum Gasteiger partial charge on any atom is 0.328 e. The number of carboxylic acids is 1. The highest BCUT2D eigenvalue weighted by molar-refractivity contribution is 5.77. The molecule has 0 aliphatic heterocycles. The molecule has 0 aromatic carbocycles. The molecule has 1 unspecified atom stereocenters. The van der Waals surface area contributed by atoms with Gasteiger partial charge in [-0.15, -0.1) is 0 Å². The number of hydrogen-bond acceptors (Lipinski definition) is 4. The quantitative estimate of drug-likeness (QED) is 0.713. The van der Waals surface area contributed by atoms with Crippen molar-refractivity contribution in [1.29, 1.82) is 0 Å². The van der Waals surface area contributed by atoms with E-state index in [-0.39, 0.29) is 18.9 Å². The molecule has 1 atom stereocenters. The summed E-state index contributed by atoms with van der Waals surface area (Å²) in [4.78, 5) is 48.6. The number of nitrogens with zero attached hydrogens (tertiary/aromatic N) is 2. The van der Waals surface area contributed by atoms with Crippen molar-refractivity contribution in [3.63, 3.8) is 0 Å². The number of rotatable bonds is 6. The van der Waals surface area contributed by atoms with Gasteiger partial charge in [0.1, 0.15) is 6.54 Å². The summed E-state index contributed by atoms with van der Waals surface area (Å²) in [6, 6.07) is 0.675. The molecule has 20 heavy (non-hydrogen) atoms. The summed E-state index contributed by atoms with van der Waals surface area (Å²) in [6.07, 6.45) is 1.06. The Morgan fingerprint density at radius 2 is 2.10 bits per heavy atom. The molecule has 2 N–H and O–H groups in total. The molecule has 0 fully saturated rings. The van der Waals surface area contributed by atoms with Gasteiger partial charge in [-0.05, 0) is 13.8 Å². The first-order valence-corrected chi connectivity index (χ1v) is 6.16. The third-order valence-corrected chi connectivity index (χ3v) is 2.87. The first-order valence-electron chi connectivity index (χ1n) is 6.16. The van der Waals surface area contributed by atoms with Crippen LogP contribution in [0.4, 0.5) is 0 Å². The van der Waals surface area contributed by atoms with E-state index in [1.807, 2.05) is 4.98 Å². The maximum atomic E-state index is 12.1. The zero-order valence-corrected chi connectivity index (χ0v) is 11.3. The van der Waals surface area contributed by atoms with E-state index in [0.717, 1.165) is 10.6 Å². The SMILES string of the molecule is CCN(C(=O)Cn1ccc(=O)[nH]c1=O)C(C)CC(=O)O. The predicted octanol–water partition coefficient (Wildman–Crippen LogP) is -0.752. The second-order valence-electron chi connectivity index (χ2n) is 4.36. The molecule has 110 valence electrons. The van der Waals surface area contributed by atoms with Crippen LogP contribution in [0.5, 0.6) is 0 Å². The number of likely N-dealkylation sites (N-methyl/N-ethyl adjacent to an activating group) is 1. The third-order valence-electron chi connectivity index (χ3n) is 2.87. The van der Waals surface area contributed by atoms with E-state index in [4.69, 9.17) is 5.11 Å². The molecule has 8 heteroatoms. The first-order chi connectivity index (χ1) is 9.35. The molecule has 0 aliphatic rings. The lowest BCUT2D eigenvalue weighted by Gasteiger charge is -2.27. The zero-order chi connectivity index (χ0) is 15.3. The number of carbonyl (C=O) groups excluding carboxylic acids is 1. The fourth-order valence-electron chi connectivity index (χ4n) is 1.90. The van der Waals surface area contributed by atoms with Crippen LogP contribution >= 0.6 is 0 Å². The summed E-state index contributed by atoms with van der Waals surface area (Å²) < 4.78 is 1.07. The minimum Gasteiger partial charge on any atom is -0.481 e. The van der Waals surface area contributed by atoms with Gasteiger partial charge in [-0.1, -0.05) is 0 Å². The minimum absolute atomic E-state index is 0.167. The number of nitrogens with one attached hydrogen (secondary N) is 1. The average molecular weight is 283 g/mol. The maximum absolute atomic E-state index is 12.1. The van der Waals surface area contributed by atoms with Gasteiger partial charge in [-0.2, -0.15) is 0 Å². The Labute approximate surface area is 114 Å². The van der Waals surface area contributed by atoms with Crippen LogP contribution in [0.2, 0.25) is 0 Å². The molecule has 1 amide bonds. The second-order valence-corrected chi connectivity index (χ2v) is 4.36. The van der Waals surface area contributed by atoms with Crippen molar-refractivity contribution in [2.45, 2.75) is 32.9 Å². The Morgan fingerprint density at radius 1 is 1.45 bits per heavy atom. The van der Waals surface area contributed by atoms with Gasteiger partial charge in [-0.3, -0.25) is 23.9 Å². The molecule has 8 nitrogen and oxygen atoms in total. The molecule has 1 aromatic rings. The highest BCUT2D eigenvalue weighted by atomic mass is 16.4. The number of carbonyl (C=O) groups is 2. The van der Waals surface area contributed by atoms with E-state index >= 15 is 0 Å². The lowest BCUT2D eigenvalue weighted by Crippen LogP contribution is -2.43. The molecule has 0 radical (unpaired) electrons. The normalized spacial score (nSPS) is 11.9. The number of amides is 1. The predicted molar refractivity (Wildman–Crippen MR) is 70.4 cm³/mol. The number of aromatic amines is 1. The molecular formula is C12H17N3O5. The smallest absolute Gasteiger partial charge is 0.328 e. The minimum atomic E-state index is -0.995. The number of hydrogen-bond donors (Lipinski definition) is 2. The highest BCUT2D eigenvalue weighted by Gasteiger charge is 2.21. The van der Waals surface area contributed by atoms with Crippen molar-refractivity contribution < 1.29 is 14.7 Å². The van der Waals surface area contributed by atoms with Gasteiger partial charge in [0.15, 0.2) is 0 Å². The van der Waals surface area contributed by atoms with Crippen LogP contribution in [-0.2, 0) is 16.1 Å². The summed E-state index contributed by atoms with van der Waals surface area (Å²) >= 11 is 0. The Morgan fingerprint density at radius 3 is 2.60 bits per heavy atom. The molecule has 0 bridgehead atoms. The van der Waals surface area contributed by atoms with Gasteiger partial charge >= 0.3 is 11.7 Å². The molecular weight excluding hydrogens is 266 g/mol. The van der Waals surface area contributed by atoms with Crippen LogP contribution in [0.25, 0.3) is 0 Å². The molecule has 0 saturated carbocycles. The molecule has 0 spiro atoms. The van der Waals surface area contributed by atoms with E-state index in [9.17, 15) is 19.2 Å². The van der Waals surface area contributed by atoms with Crippen LogP contribution < -0.4 is 11.2 Å². The monoisotopic (exact) mass is 283 g/mol. The summed E-state index contributed by atoms with van der Waals surface area (Å²) in [5, 5.41) is 8.74. The van der Waals surface area contributed by atoms with Crippen LogP contribution in [0.15, 0.2) is 21.9 Å². The lowest BCUT2D eigenvalue weighted by molar-refractivity contribution is -0.140. The van der Waals surface area contributed by atoms with Gasteiger partial charge in [0, 0.05) is 24.8 Å². The van der Waals surface area contributed by atoms with Crippen molar-refractivity contribution in [1.82, 2.24) is 14.5 Å². The lowest BCUT2D eigenvalue weighted by atomic mass is 10.2. The van der Waals surface area contributed by atoms with E-state index in [0.29, 0.717) is 6.54 Å². The largest absolute Gasteiger partial charge is 0.481 e. The second kappa shape index (κ2) is 6.69.